The van der Waals surface area contributed by atoms with E-state index in [4.69, 9.17) is 0 Å². The number of nitrogens with zero attached hydrogens (tertiary/aromatic N) is 2. The fraction of sp³-hybridized carbons (Fsp3) is 0.529. The first kappa shape index (κ1) is 32.1. The van der Waals surface area contributed by atoms with Gasteiger partial charge in [-0.3, -0.25) is 10.7 Å². The van der Waals surface area contributed by atoms with Gasteiger partial charge in [0.05, 0.1) is 0 Å². The van der Waals surface area contributed by atoms with Crippen molar-refractivity contribution in [3.63, 3.8) is 0 Å². The van der Waals surface area contributed by atoms with Crippen LogP contribution < -0.4 is 21.6 Å². The van der Waals surface area contributed by atoms with Gasteiger partial charge >= 0.3 is 14.0 Å². The molecule has 0 unspecified atom stereocenters. The van der Waals surface area contributed by atoms with Crippen LogP contribution in [0, 0.1) is 0 Å². The Bertz CT molecular complexity index is 1180. The maximum absolute atomic E-state index is 4.09. The molecule has 40 heavy (non-hydrogen) atoms. The summed E-state index contributed by atoms with van der Waals surface area (Å²) < 4.78 is 0. The van der Waals surface area contributed by atoms with Gasteiger partial charge in [0.15, 0.2) is 0 Å². The first-order chi connectivity index (χ1) is 18.6. The van der Waals surface area contributed by atoms with Gasteiger partial charge in [0.25, 0.3) is 0 Å². The van der Waals surface area contributed by atoms with Crippen molar-refractivity contribution in [3.05, 3.63) is 82.7 Å². The lowest BCUT2D eigenvalue weighted by atomic mass is 9.54. The van der Waals surface area contributed by atoms with Crippen LogP contribution in [-0.2, 0) is 16.2 Å². The minimum absolute atomic E-state index is 0.0401. The van der Waals surface area contributed by atoms with E-state index in [9.17, 15) is 0 Å². The SMILES string of the molecule is C/C=C(\CC)N1NB(c2c(C(C)(C)C)cc(C(C)(C)C)cc2C(C)(C)C)N(/C(=C/C)CC)NB1c1ccccc1. The van der Waals surface area contributed by atoms with Crippen LogP contribution in [0.25, 0.3) is 0 Å². The molecule has 1 aliphatic rings. The Morgan fingerprint density at radius 2 is 1.10 bits per heavy atom. The molecule has 216 valence electrons. The lowest BCUT2D eigenvalue weighted by Gasteiger charge is -2.50. The third-order valence-electron chi connectivity index (χ3n) is 8.10. The molecule has 0 aromatic heterocycles. The van der Waals surface area contributed by atoms with Crippen molar-refractivity contribution in [2.24, 2.45) is 0 Å². The number of nitrogens with one attached hydrogen (secondary N) is 2. The molecule has 0 aliphatic carbocycles. The third-order valence-corrected chi connectivity index (χ3v) is 8.10. The summed E-state index contributed by atoms with van der Waals surface area (Å²) in [6, 6.07) is 15.7. The van der Waals surface area contributed by atoms with Gasteiger partial charge in [0.2, 0.25) is 0 Å². The van der Waals surface area contributed by atoms with Crippen molar-refractivity contribution < 1.29 is 0 Å². The van der Waals surface area contributed by atoms with Gasteiger partial charge in [0, 0.05) is 11.4 Å². The second kappa shape index (κ2) is 12.2. The first-order valence-electron chi connectivity index (χ1n) is 15.2. The van der Waals surface area contributed by atoms with E-state index in [0.717, 1.165) is 12.8 Å². The number of hydrazine groups is 2. The van der Waals surface area contributed by atoms with Gasteiger partial charge in [-0.25, -0.2) is 0 Å². The number of rotatable bonds is 6. The van der Waals surface area contributed by atoms with Crippen LogP contribution in [0.2, 0.25) is 0 Å². The van der Waals surface area contributed by atoms with Gasteiger partial charge < -0.3 is 9.84 Å². The Kier molecular flexibility index (Phi) is 9.79. The fourth-order valence-corrected chi connectivity index (χ4v) is 5.73. The largest absolute Gasteiger partial charge is 0.408 e. The molecule has 1 fully saturated rings. The fourth-order valence-electron chi connectivity index (χ4n) is 5.73. The second-order valence-corrected chi connectivity index (χ2v) is 14.2. The monoisotopic (exact) mass is 540 g/mol. The van der Waals surface area contributed by atoms with E-state index in [0.29, 0.717) is 0 Å². The summed E-state index contributed by atoms with van der Waals surface area (Å²) in [5.41, 5.74) is 9.31. The molecular weight excluding hydrogens is 486 g/mol. The normalized spacial score (nSPS) is 16.2. The van der Waals surface area contributed by atoms with Crippen molar-refractivity contribution >= 4 is 24.9 Å². The second-order valence-electron chi connectivity index (χ2n) is 14.2. The van der Waals surface area contributed by atoms with E-state index < -0.39 is 0 Å². The minimum atomic E-state index is -0.0925. The van der Waals surface area contributed by atoms with Crippen molar-refractivity contribution in [1.82, 2.24) is 20.5 Å². The zero-order chi connectivity index (χ0) is 30.0. The molecule has 2 aromatic carbocycles. The summed E-state index contributed by atoms with van der Waals surface area (Å²) in [6.07, 6.45) is 6.37. The molecule has 0 amide bonds. The zero-order valence-corrected chi connectivity index (χ0v) is 27.7. The highest BCUT2D eigenvalue weighted by Crippen LogP contribution is 2.34. The van der Waals surface area contributed by atoms with Crippen LogP contribution >= 0.6 is 0 Å². The van der Waals surface area contributed by atoms with Crippen LogP contribution in [-0.4, -0.2) is 23.8 Å². The topological polar surface area (TPSA) is 30.5 Å². The highest BCUT2D eigenvalue weighted by atomic mass is 15.6. The maximum atomic E-state index is 4.09. The molecule has 2 N–H and O–H groups in total. The molecule has 3 rings (SSSR count). The molecule has 2 aromatic rings. The standard InChI is InChI=1S/C34H54B2N4/c1-14-27(15-2)39-35(26-21-19-18-20-22-26)37-40(28(16-3)17-4)36(38-39)31-29(33(8,9)10)23-25(32(5,6)7)24-30(31)34(11,12)13/h14,16,18-24,37-38H,15,17H2,1-13H3/b27-14+,28-16+. The van der Waals surface area contributed by atoms with E-state index in [1.165, 1.54) is 39.0 Å². The van der Waals surface area contributed by atoms with Crippen LogP contribution in [0.15, 0.2) is 66.0 Å². The summed E-state index contributed by atoms with van der Waals surface area (Å²) in [5, 5.41) is 8.10. The van der Waals surface area contributed by atoms with Gasteiger partial charge in [-0.2, -0.15) is 0 Å². The van der Waals surface area contributed by atoms with Crippen molar-refractivity contribution in [1.29, 1.82) is 0 Å². The summed E-state index contributed by atoms with van der Waals surface area (Å²) in [7, 11) is 0. The van der Waals surface area contributed by atoms with E-state index >= 15 is 0 Å². The van der Waals surface area contributed by atoms with Crippen LogP contribution in [0.5, 0.6) is 0 Å². The summed E-state index contributed by atoms with van der Waals surface area (Å²) in [6.45, 7) is 29.8. The van der Waals surface area contributed by atoms with Crippen LogP contribution in [0.4, 0.5) is 0 Å². The Hall–Kier alpha value is -2.43. The summed E-state index contributed by atoms with van der Waals surface area (Å²) >= 11 is 0. The van der Waals surface area contributed by atoms with Crippen LogP contribution in [0.1, 0.15) is 120 Å². The molecule has 1 heterocycles. The van der Waals surface area contributed by atoms with Gasteiger partial charge in [-0.05, 0) is 70.6 Å². The molecule has 1 aliphatic heterocycles. The van der Waals surface area contributed by atoms with Gasteiger partial charge in [-0.15, -0.1) is 0 Å². The quantitative estimate of drug-likeness (QED) is 0.390. The van der Waals surface area contributed by atoms with Gasteiger partial charge in [0.1, 0.15) is 0 Å². The van der Waals surface area contributed by atoms with E-state index in [1.807, 2.05) is 0 Å². The molecule has 0 atom stereocenters. The summed E-state index contributed by atoms with van der Waals surface area (Å²) in [5.74, 6) is 0. The average molecular weight is 540 g/mol. The molecular formula is C34H54B2N4. The predicted octanol–water partition coefficient (Wildman–Crippen LogP) is 6.92. The van der Waals surface area contributed by atoms with Crippen molar-refractivity contribution in [3.8, 4) is 0 Å². The smallest absolute Gasteiger partial charge is 0.342 e. The highest BCUT2D eigenvalue weighted by Gasteiger charge is 2.46. The Morgan fingerprint density at radius 1 is 0.675 bits per heavy atom. The maximum Gasteiger partial charge on any atom is 0.408 e. The van der Waals surface area contributed by atoms with Crippen molar-refractivity contribution in [2.75, 3.05) is 0 Å². The molecule has 0 radical (unpaired) electrons. The van der Waals surface area contributed by atoms with E-state index in [-0.39, 0.29) is 30.2 Å². The molecule has 1 saturated heterocycles. The molecule has 0 bridgehead atoms. The summed E-state index contributed by atoms with van der Waals surface area (Å²) in [4.78, 5) is 4.78. The molecule has 0 spiro atoms. The lowest BCUT2D eigenvalue weighted by molar-refractivity contribution is 0.347. The molecule has 6 heteroatoms. The predicted molar refractivity (Wildman–Crippen MR) is 178 cm³/mol. The lowest BCUT2D eigenvalue weighted by Crippen LogP contribution is -2.81. The number of hydrogen-bond donors (Lipinski definition) is 2. The number of hydrogen-bond acceptors (Lipinski definition) is 4. The van der Waals surface area contributed by atoms with Crippen molar-refractivity contribution in [2.45, 2.75) is 119 Å². The molecule has 4 nitrogen and oxygen atoms in total. The Morgan fingerprint density at radius 3 is 1.48 bits per heavy atom. The first-order valence-corrected chi connectivity index (χ1v) is 15.2. The highest BCUT2D eigenvalue weighted by molar-refractivity contribution is 6.76. The van der Waals surface area contributed by atoms with Gasteiger partial charge in [-0.1, -0.05) is 131 Å². The average Bonchev–Trinajstić information content (AvgIpc) is 2.88. The minimum Gasteiger partial charge on any atom is -0.342 e. The Balaban J connectivity index is 2.41. The molecule has 0 saturated carbocycles. The van der Waals surface area contributed by atoms with E-state index in [1.54, 1.807) is 0 Å². The number of benzene rings is 2. The third kappa shape index (κ3) is 6.71. The van der Waals surface area contributed by atoms with E-state index in [2.05, 4.69) is 165 Å². The number of allylic oxidation sites excluding steroid dienone is 4. The zero-order valence-electron chi connectivity index (χ0n) is 27.7. The van der Waals surface area contributed by atoms with Crippen LogP contribution in [0.3, 0.4) is 0 Å². The Labute approximate surface area is 246 Å².